The third-order valence-corrected chi connectivity index (χ3v) is 4.49. The number of carbonyl (C=O) groups is 1. The highest BCUT2D eigenvalue weighted by Gasteiger charge is 2.24. The first-order chi connectivity index (χ1) is 11.6. The topological polar surface area (TPSA) is 66.1 Å². The number of benzene rings is 1. The monoisotopic (exact) mass is 325 g/mol. The van der Waals surface area contributed by atoms with Crippen LogP contribution in [0.1, 0.15) is 43.0 Å². The fourth-order valence-corrected chi connectivity index (χ4v) is 2.97. The molecular weight excluding hydrogens is 302 g/mol. The first kappa shape index (κ1) is 16.4. The van der Waals surface area contributed by atoms with E-state index >= 15 is 0 Å². The second-order valence-electron chi connectivity index (χ2n) is 6.37. The summed E-state index contributed by atoms with van der Waals surface area (Å²) in [5.41, 5.74) is 3.38. The Morgan fingerprint density at radius 3 is 2.75 bits per heavy atom. The van der Waals surface area contributed by atoms with E-state index in [0.29, 0.717) is 37.3 Å². The number of nitrogens with one attached hydrogen (secondary N) is 1. The highest BCUT2D eigenvalue weighted by molar-refractivity contribution is 5.76. The maximum Gasteiger partial charge on any atom is 0.256 e. The summed E-state index contributed by atoms with van der Waals surface area (Å²) < 4.78 is 0. The van der Waals surface area contributed by atoms with Gasteiger partial charge < -0.3 is 9.88 Å². The molecule has 2 heterocycles. The molecule has 1 aromatic carbocycles. The summed E-state index contributed by atoms with van der Waals surface area (Å²) >= 11 is 0. The van der Waals surface area contributed by atoms with Crippen molar-refractivity contribution in [1.29, 1.82) is 0 Å². The lowest BCUT2D eigenvalue weighted by Crippen LogP contribution is -2.39. The quantitative estimate of drug-likeness (QED) is 0.940. The summed E-state index contributed by atoms with van der Waals surface area (Å²) in [6.45, 7) is 5.10. The fourth-order valence-electron chi connectivity index (χ4n) is 2.97. The average molecular weight is 325 g/mol. The van der Waals surface area contributed by atoms with E-state index in [1.54, 1.807) is 4.90 Å². The molecule has 3 rings (SSSR count). The number of hydrogen-bond acceptors (Lipinski definition) is 3. The zero-order valence-corrected chi connectivity index (χ0v) is 14.3. The maximum absolute atomic E-state index is 12.5. The molecule has 5 heteroatoms. The first-order valence-corrected chi connectivity index (χ1v) is 8.55. The number of carbonyl (C=O) groups excluding carboxylic acids is 1. The molecule has 1 aromatic heterocycles. The van der Waals surface area contributed by atoms with Crippen LogP contribution in [0.5, 0.6) is 0 Å². The Hall–Kier alpha value is -2.43. The van der Waals surface area contributed by atoms with Gasteiger partial charge in [-0.1, -0.05) is 43.2 Å². The predicted octanol–water partition coefficient (Wildman–Crippen LogP) is 2.82. The number of rotatable bonds is 4. The van der Waals surface area contributed by atoms with E-state index in [1.165, 1.54) is 5.56 Å². The van der Waals surface area contributed by atoms with E-state index in [1.807, 2.05) is 31.2 Å². The van der Waals surface area contributed by atoms with Crippen LogP contribution in [0.3, 0.4) is 0 Å². The molecule has 2 aromatic rings. The lowest BCUT2D eigenvalue weighted by molar-refractivity contribution is -0.132. The van der Waals surface area contributed by atoms with Gasteiger partial charge in [0, 0.05) is 24.9 Å². The smallest absolute Gasteiger partial charge is 0.256 e. The molecule has 1 N–H and O–H groups in total. The van der Waals surface area contributed by atoms with Crippen LogP contribution in [-0.2, 0) is 17.8 Å². The van der Waals surface area contributed by atoms with Gasteiger partial charge in [-0.15, -0.1) is 0 Å². The third-order valence-electron chi connectivity index (χ3n) is 4.49. The summed E-state index contributed by atoms with van der Waals surface area (Å²) in [4.78, 5) is 33.9. The SMILES string of the molecule is CCCCC(=O)N1CCc2nc(-c3ccc(C)cc3)[nH]c(=O)c2C1. The minimum atomic E-state index is -0.136. The van der Waals surface area contributed by atoms with E-state index in [4.69, 9.17) is 0 Å². The molecule has 0 radical (unpaired) electrons. The normalized spacial score (nSPS) is 13.7. The van der Waals surface area contributed by atoms with Gasteiger partial charge in [0.25, 0.3) is 5.56 Å². The van der Waals surface area contributed by atoms with Crippen molar-refractivity contribution in [2.45, 2.75) is 46.1 Å². The van der Waals surface area contributed by atoms with Gasteiger partial charge in [0.05, 0.1) is 17.8 Å². The molecule has 0 spiro atoms. The number of fused-ring (bicyclic) bond motifs is 1. The zero-order chi connectivity index (χ0) is 17.1. The number of hydrogen-bond donors (Lipinski definition) is 1. The van der Waals surface area contributed by atoms with Crippen molar-refractivity contribution in [3.63, 3.8) is 0 Å². The third kappa shape index (κ3) is 3.40. The van der Waals surface area contributed by atoms with Gasteiger partial charge in [-0.2, -0.15) is 0 Å². The minimum Gasteiger partial charge on any atom is -0.338 e. The molecule has 1 aliphatic rings. The Morgan fingerprint density at radius 2 is 2.04 bits per heavy atom. The summed E-state index contributed by atoms with van der Waals surface area (Å²) in [6, 6.07) is 7.93. The molecule has 0 saturated carbocycles. The van der Waals surface area contributed by atoms with Gasteiger partial charge in [0.2, 0.25) is 5.91 Å². The lowest BCUT2D eigenvalue weighted by Gasteiger charge is -2.28. The zero-order valence-electron chi connectivity index (χ0n) is 14.3. The van der Waals surface area contributed by atoms with Gasteiger partial charge in [-0.25, -0.2) is 4.98 Å². The predicted molar refractivity (Wildman–Crippen MR) is 93.7 cm³/mol. The molecule has 0 unspecified atom stereocenters. The molecule has 1 aliphatic heterocycles. The molecule has 0 fully saturated rings. The number of H-pyrrole nitrogens is 1. The summed E-state index contributed by atoms with van der Waals surface area (Å²) in [7, 11) is 0. The Labute approximate surface area is 141 Å². The summed E-state index contributed by atoms with van der Waals surface area (Å²) in [5.74, 6) is 0.731. The molecule has 0 saturated heterocycles. The Balaban J connectivity index is 1.85. The Bertz CT molecular complexity index is 793. The fraction of sp³-hybridized carbons (Fsp3) is 0.421. The number of amides is 1. The first-order valence-electron chi connectivity index (χ1n) is 8.55. The van der Waals surface area contributed by atoms with Crippen molar-refractivity contribution >= 4 is 5.91 Å². The van der Waals surface area contributed by atoms with Gasteiger partial charge in [-0.3, -0.25) is 9.59 Å². The molecule has 5 nitrogen and oxygen atoms in total. The molecular formula is C19H23N3O2. The van der Waals surface area contributed by atoms with E-state index in [2.05, 4.69) is 16.9 Å². The van der Waals surface area contributed by atoms with E-state index < -0.39 is 0 Å². The van der Waals surface area contributed by atoms with E-state index in [9.17, 15) is 9.59 Å². The van der Waals surface area contributed by atoms with Gasteiger partial charge in [0.15, 0.2) is 0 Å². The van der Waals surface area contributed by atoms with Crippen molar-refractivity contribution in [3.05, 3.63) is 51.4 Å². The van der Waals surface area contributed by atoms with E-state index in [-0.39, 0.29) is 11.5 Å². The van der Waals surface area contributed by atoms with Crippen LogP contribution < -0.4 is 5.56 Å². The summed E-state index contributed by atoms with van der Waals surface area (Å²) in [5, 5.41) is 0. The number of unbranched alkanes of at least 4 members (excludes halogenated alkanes) is 1. The van der Waals surface area contributed by atoms with Crippen LogP contribution in [0.25, 0.3) is 11.4 Å². The molecule has 0 aliphatic carbocycles. The molecule has 126 valence electrons. The second-order valence-corrected chi connectivity index (χ2v) is 6.37. The van der Waals surface area contributed by atoms with Crippen LogP contribution in [0.2, 0.25) is 0 Å². The van der Waals surface area contributed by atoms with Crippen LogP contribution in [0.15, 0.2) is 29.1 Å². The van der Waals surface area contributed by atoms with Gasteiger partial charge in [0.1, 0.15) is 5.82 Å². The molecule has 24 heavy (non-hydrogen) atoms. The number of aromatic nitrogens is 2. The number of aromatic amines is 1. The van der Waals surface area contributed by atoms with E-state index in [0.717, 1.165) is 24.1 Å². The molecule has 0 bridgehead atoms. The molecule has 1 amide bonds. The van der Waals surface area contributed by atoms with Gasteiger partial charge >= 0.3 is 0 Å². The summed E-state index contributed by atoms with van der Waals surface area (Å²) in [6.07, 6.45) is 3.08. The Morgan fingerprint density at radius 1 is 1.29 bits per heavy atom. The van der Waals surface area contributed by atoms with Crippen LogP contribution in [0, 0.1) is 6.92 Å². The van der Waals surface area contributed by atoms with Crippen LogP contribution >= 0.6 is 0 Å². The second kappa shape index (κ2) is 6.99. The lowest BCUT2D eigenvalue weighted by atomic mass is 10.1. The standard InChI is InChI=1S/C19H23N3O2/c1-3-4-5-17(23)22-11-10-16-15(12-22)19(24)21-18(20-16)14-8-6-13(2)7-9-14/h6-9H,3-5,10-12H2,1-2H3,(H,20,21,24). The van der Waals surface area contributed by atoms with Crippen molar-refractivity contribution in [2.75, 3.05) is 6.54 Å². The van der Waals surface area contributed by atoms with Crippen LogP contribution in [-0.4, -0.2) is 27.3 Å². The molecule has 0 atom stereocenters. The van der Waals surface area contributed by atoms with Crippen molar-refractivity contribution < 1.29 is 4.79 Å². The minimum absolute atomic E-state index is 0.129. The van der Waals surface area contributed by atoms with Crippen molar-refractivity contribution in [2.24, 2.45) is 0 Å². The number of aryl methyl sites for hydroxylation is 1. The largest absolute Gasteiger partial charge is 0.338 e. The van der Waals surface area contributed by atoms with Crippen molar-refractivity contribution in [3.8, 4) is 11.4 Å². The van der Waals surface area contributed by atoms with Crippen LogP contribution in [0.4, 0.5) is 0 Å². The highest BCUT2D eigenvalue weighted by atomic mass is 16.2. The van der Waals surface area contributed by atoms with Crippen molar-refractivity contribution in [1.82, 2.24) is 14.9 Å². The van der Waals surface area contributed by atoms with Gasteiger partial charge in [-0.05, 0) is 13.3 Å². The number of nitrogens with zero attached hydrogens (tertiary/aromatic N) is 2. The average Bonchev–Trinajstić information content (AvgIpc) is 2.60. The Kier molecular flexibility index (Phi) is 4.79. The highest BCUT2D eigenvalue weighted by Crippen LogP contribution is 2.19. The maximum atomic E-state index is 12.5.